The number of nitrogens with zero attached hydrogens (tertiary/aromatic N) is 1. The van der Waals surface area contributed by atoms with E-state index in [-0.39, 0.29) is 12.3 Å². The number of aliphatic carboxylic acids is 1. The number of allylic oxidation sites excluding steroid dienone is 2. The number of thiocarbonyl (C=S) groups is 1. The van der Waals surface area contributed by atoms with E-state index in [1.807, 2.05) is 30.3 Å². The van der Waals surface area contributed by atoms with Crippen LogP contribution in [0, 0.1) is 0 Å². The van der Waals surface area contributed by atoms with Gasteiger partial charge < -0.3 is 9.84 Å². The van der Waals surface area contributed by atoms with Crippen LogP contribution in [0.2, 0.25) is 0 Å². The van der Waals surface area contributed by atoms with Gasteiger partial charge in [-0.3, -0.25) is 14.5 Å². The van der Waals surface area contributed by atoms with Crippen LogP contribution in [0.15, 0.2) is 41.3 Å². The van der Waals surface area contributed by atoms with E-state index in [2.05, 4.69) is 0 Å². The summed E-state index contributed by atoms with van der Waals surface area (Å²) in [5.41, 5.74) is 0.990. The Morgan fingerprint density at radius 2 is 2.08 bits per heavy atom. The molecule has 126 valence electrons. The summed E-state index contributed by atoms with van der Waals surface area (Å²) < 4.78 is 5.57. The van der Waals surface area contributed by atoms with E-state index in [0.29, 0.717) is 22.2 Å². The minimum Gasteiger partial charge on any atom is -0.497 e. The molecule has 2 rings (SSSR count). The van der Waals surface area contributed by atoms with Crippen molar-refractivity contribution in [1.82, 2.24) is 4.90 Å². The highest BCUT2D eigenvalue weighted by Crippen LogP contribution is 2.31. The van der Waals surface area contributed by atoms with Gasteiger partial charge in [-0.25, -0.2) is 0 Å². The maximum absolute atomic E-state index is 12.3. The minimum atomic E-state index is -0.876. The summed E-state index contributed by atoms with van der Waals surface area (Å²) in [5, 5.41) is 8.66. The number of amides is 1. The first-order valence-corrected chi connectivity index (χ1v) is 8.51. The van der Waals surface area contributed by atoms with E-state index in [1.165, 1.54) is 16.7 Å². The van der Waals surface area contributed by atoms with E-state index < -0.39 is 5.97 Å². The lowest BCUT2D eigenvalue weighted by Crippen LogP contribution is -2.29. The van der Waals surface area contributed by atoms with Crippen LogP contribution in [-0.4, -0.2) is 39.9 Å². The predicted molar refractivity (Wildman–Crippen MR) is 98.9 cm³/mol. The molecule has 0 atom stereocenters. The highest BCUT2D eigenvalue weighted by Gasteiger charge is 2.31. The Hall–Kier alpha value is -2.12. The highest BCUT2D eigenvalue weighted by molar-refractivity contribution is 8.26. The van der Waals surface area contributed by atoms with Crippen molar-refractivity contribution in [2.45, 2.75) is 12.8 Å². The maximum Gasteiger partial charge on any atom is 0.303 e. The van der Waals surface area contributed by atoms with Crippen molar-refractivity contribution in [1.29, 1.82) is 0 Å². The largest absolute Gasteiger partial charge is 0.497 e. The number of methoxy groups -OCH3 is 1. The SMILES string of the molecule is COc1ccc(/C=C\C=C2/SC(=S)N(CCCC(=O)O)C2=O)cc1. The van der Waals surface area contributed by atoms with Crippen molar-refractivity contribution < 1.29 is 19.4 Å². The summed E-state index contributed by atoms with van der Waals surface area (Å²) in [6, 6.07) is 7.56. The van der Waals surface area contributed by atoms with E-state index in [0.717, 1.165) is 11.3 Å². The molecule has 1 amide bonds. The van der Waals surface area contributed by atoms with Gasteiger partial charge in [0.05, 0.1) is 12.0 Å². The van der Waals surface area contributed by atoms with Crippen molar-refractivity contribution in [3.8, 4) is 5.75 Å². The molecule has 0 bridgehead atoms. The summed E-state index contributed by atoms with van der Waals surface area (Å²) in [7, 11) is 1.61. The summed E-state index contributed by atoms with van der Waals surface area (Å²) in [4.78, 5) is 24.8. The van der Waals surface area contributed by atoms with Crippen molar-refractivity contribution in [2.75, 3.05) is 13.7 Å². The molecule has 1 aromatic rings. The fourth-order valence-corrected chi connectivity index (χ4v) is 3.32. The number of carboxylic acids is 1. The first-order chi connectivity index (χ1) is 11.5. The number of hydrogen-bond donors (Lipinski definition) is 1. The zero-order chi connectivity index (χ0) is 17.5. The van der Waals surface area contributed by atoms with Crippen molar-refractivity contribution in [3.05, 3.63) is 46.9 Å². The number of ether oxygens (including phenoxy) is 1. The van der Waals surface area contributed by atoms with E-state index in [9.17, 15) is 9.59 Å². The average Bonchev–Trinajstić information content (AvgIpc) is 2.83. The molecule has 0 aliphatic carbocycles. The fraction of sp³-hybridized carbons (Fsp3) is 0.235. The molecule has 1 saturated heterocycles. The molecule has 24 heavy (non-hydrogen) atoms. The Kier molecular flexibility index (Phi) is 6.57. The summed E-state index contributed by atoms with van der Waals surface area (Å²) in [5.74, 6) is -0.262. The van der Waals surface area contributed by atoms with Crippen LogP contribution in [0.25, 0.3) is 6.08 Å². The van der Waals surface area contributed by atoms with E-state index in [1.54, 1.807) is 19.3 Å². The lowest BCUT2D eigenvalue weighted by molar-refractivity contribution is -0.137. The second-order valence-corrected chi connectivity index (χ2v) is 6.66. The van der Waals surface area contributed by atoms with Crippen LogP contribution in [0.3, 0.4) is 0 Å². The van der Waals surface area contributed by atoms with Gasteiger partial charge in [0.2, 0.25) is 0 Å². The van der Waals surface area contributed by atoms with Gasteiger partial charge in [0, 0.05) is 13.0 Å². The number of hydrogen-bond acceptors (Lipinski definition) is 5. The molecule has 1 N–H and O–H groups in total. The lowest BCUT2D eigenvalue weighted by atomic mass is 10.2. The van der Waals surface area contributed by atoms with Gasteiger partial charge in [-0.1, -0.05) is 48.3 Å². The maximum atomic E-state index is 12.3. The van der Waals surface area contributed by atoms with Crippen molar-refractivity contribution in [2.24, 2.45) is 0 Å². The number of carbonyl (C=O) groups excluding carboxylic acids is 1. The smallest absolute Gasteiger partial charge is 0.303 e. The third-order valence-electron chi connectivity index (χ3n) is 3.30. The molecule has 1 aliphatic rings. The van der Waals surface area contributed by atoms with Gasteiger partial charge in [-0.05, 0) is 30.2 Å². The predicted octanol–water partition coefficient (Wildman–Crippen LogP) is 3.32. The highest BCUT2D eigenvalue weighted by atomic mass is 32.2. The molecule has 0 spiro atoms. The Labute approximate surface area is 150 Å². The van der Waals surface area contributed by atoms with Crippen molar-refractivity contribution >= 4 is 46.3 Å². The zero-order valence-corrected chi connectivity index (χ0v) is 14.7. The van der Waals surface area contributed by atoms with Crippen LogP contribution >= 0.6 is 24.0 Å². The van der Waals surface area contributed by atoms with E-state index in [4.69, 9.17) is 22.1 Å². The van der Waals surface area contributed by atoms with Crippen LogP contribution < -0.4 is 4.74 Å². The molecule has 7 heteroatoms. The standard InChI is InChI=1S/C17H17NO4S2/c1-22-13-9-7-12(8-10-13)4-2-5-14-16(21)18(17(23)24-14)11-3-6-15(19)20/h2,4-5,7-10H,3,6,11H2,1H3,(H,19,20)/b4-2-,14-5-. The Balaban J connectivity index is 1.97. The van der Waals surface area contributed by atoms with Crippen LogP contribution in [0.5, 0.6) is 5.75 Å². The molecule has 1 heterocycles. The first kappa shape index (κ1) is 18.2. The topological polar surface area (TPSA) is 66.8 Å². The zero-order valence-electron chi connectivity index (χ0n) is 13.1. The summed E-state index contributed by atoms with van der Waals surface area (Å²) in [6.45, 7) is 0.330. The Morgan fingerprint density at radius 3 is 2.71 bits per heavy atom. The Morgan fingerprint density at radius 1 is 1.38 bits per heavy atom. The van der Waals surface area contributed by atoms with Gasteiger partial charge in [-0.2, -0.15) is 0 Å². The molecule has 1 aliphatic heterocycles. The average molecular weight is 363 g/mol. The molecule has 0 aromatic heterocycles. The summed E-state index contributed by atoms with van der Waals surface area (Å²) >= 11 is 6.42. The minimum absolute atomic E-state index is 0.0213. The van der Waals surface area contributed by atoms with Gasteiger partial charge in [0.1, 0.15) is 10.1 Å². The number of carbonyl (C=O) groups is 2. The van der Waals surface area contributed by atoms with Crippen molar-refractivity contribution in [3.63, 3.8) is 0 Å². The monoisotopic (exact) mass is 363 g/mol. The van der Waals surface area contributed by atoms with Gasteiger partial charge in [0.15, 0.2) is 0 Å². The normalized spacial score (nSPS) is 16.4. The van der Waals surface area contributed by atoms with Crippen LogP contribution in [-0.2, 0) is 9.59 Å². The molecular formula is C17H17NO4S2. The van der Waals surface area contributed by atoms with Gasteiger partial charge in [-0.15, -0.1) is 0 Å². The Bertz CT molecular complexity index is 695. The number of thioether (sulfide) groups is 1. The second kappa shape index (κ2) is 8.65. The number of benzene rings is 1. The third-order valence-corrected chi connectivity index (χ3v) is 4.69. The third kappa shape index (κ3) is 4.94. The van der Waals surface area contributed by atoms with Gasteiger partial charge in [0.25, 0.3) is 5.91 Å². The molecule has 1 aromatic carbocycles. The first-order valence-electron chi connectivity index (χ1n) is 7.29. The summed E-state index contributed by atoms with van der Waals surface area (Å²) in [6.07, 6.45) is 5.81. The number of carboxylic acid groups (broad SMARTS) is 1. The molecular weight excluding hydrogens is 346 g/mol. The molecule has 5 nitrogen and oxygen atoms in total. The fourth-order valence-electron chi connectivity index (χ4n) is 2.06. The number of rotatable bonds is 7. The van der Waals surface area contributed by atoms with Gasteiger partial charge >= 0.3 is 5.97 Å². The molecule has 0 radical (unpaired) electrons. The molecule has 0 saturated carbocycles. The second-order valence-electron chi connectivity index (χ2n) is 4.99. The van der Waals surface area contributed by atoms with Crippen LogP contribution in [0.1, 0.15) is 18.4 Å². The molecule has 0 unspecified atom stereocenters. The quantitative estimate of drug-likeness (QED) is 0.592. The van der Waals surface area contributed by atoms with E-state index >= 15 is 0 Å². The molecule has 1 fully saturated rings. The van der Waals surface area contributed by atoms with Crippen LogP contribution in [0.4, 0.5) is 0 Å². The lowest BCUT2D eigenvalue weighted by Gasteiger charge is -2.12.